The molecule has 0 bridgehead atoms. The molecule has 1 aromatic rings. The van der Waals surface area contributed by atoms with Gasteiger partial charge in [0.1, 0.15) is 5.75 Å². The second-order valence-electron chi connectivity index (χ2n) is 2.05. The minimum Gasteiger partial charge on any atom is -0.409 e. The Morgan fingerprint density at radius 1 is 1.46 bits per heavy atom. The molecule has 0 unspecified atom stereocenters. The van der Waals surface area contributed by atoms with Crippen molar-refractivity contribution in [2.24, 2.45) is 5.73 Å². The fourth-order valence-corrected chi connectivity index (χ4v) is 0.644. The summed E-state index contributed by atoms with van der Waals surface area (Å²) in [6.45, 7) is 2.80. The topological polar surface area (TPSA) is 64.3 Å². The van der Waals surface area contributed by atoms with Crippen LogP contribution in [0.25, 0.3) is 0 Å². The van der Waals surface area contributed by atoms with Gasteiger partial charge in [-0.3, -0.25) is 4.79 Å². The van der Waals surface area contributed by atoms with Crippen molar-refractivity contribution >= 4 is 6.41 Å². The van der Waals surface area contributed by atoms with Crippen LogP contribution in [-0.4, -0.2) is 13.0 Å². The lowest BCUT2D eigenvalue weighted by molar-refractivity contribution is -0.106. The van der Waals surface area contributed by atoms with Crippen molar-refractivity contribution in [3.8, 4) is 5.75 Å². The Morgan fingerprint density at radius 3 is 2.46 bits per heavy atom. The Labute approximate surface area is 77.7 Å². The normalized spacial score (nSPS) is 8.08. The average molecular weight is 182 g/mol. The highest BCUT2D eigenvalue weighted by atomic mass is 16.6. The molecule has 1 amide bonds. The Morgan fingerprint density at radius 2 is 2.00 bits per heavy atom. The molecule has 0 saturated heterocycles. The minimum atomic E-state index is 0.250. The minimum absolute atomic E-state index is 0.250. The summed E-state index contributed by atoms with van der Waals surface area (Å²) < 4.78 is 0. The Hall–Kier alpha value is -1.55. The van der Waals surface area contributed by atoms with Gasteiger partial charge in [-0.1, -0.05) is 18.2 Å². The molecule has 0 aliphatic rings. The number of hydroxylamine groups is 1. The Bertz CT molecular complexity index is 214. The lowest BCUT2D eigenvalue weighted by Crippen LogP contribution is -2.16. The fraction of sp³-hybridized carbons (Fsp3) is 0.222. The van der Waals surface area contributed by atoms with Crippen molar-refractivity contribution in [2.75, 3.05) is 6.54 Å². The first-order chi connectivity index (χ1) is 6.35. The summed E-state index contributed by atoms with van der Waals surface area (Å²) in [5, 5.41) is 0. The lowest BCUT2D eigenvalue weighted by atomic mass is 10.3. The molecule has 0 fully saturated rings. The van der Waals surface area contributed by atoms with Crippen LogP contribution in [0.3, 0.4) is 0 Å². The van der Waals surface area contributed by atoms with Crippen LogP contribution in [0, 0.1) is 0 Å². The van der Waals surface area contributed by atoms with Gasteiger partial charge in [0.15, 0.2) is 0 Å². The molecular weight excluding hydrogens is 168 g/mol. The molecular formula is C9H14N2O2. The van der Waals surface area contributed by atoms with E-state index in [2.05, 4.69) is 11.2 Å². The van der Waals surface area contributed by atoms with Crippen LogP contribution in [0.4, 0.5) is 0 Å². The zero-order valence-corrected chi connectivity index (χ0v) is 7.57. The summed E-state index contributed by atoms with van der Waals surface area (Å²) >= 11 is 0. The summed E-state index contributed by atoms with van der Waals surface area (Å²) in [7, 11) is 0. The maximum absolute atomic E-state index is 8.58. The molecule has 4 nitrogen and oxygen atoms in total. The summed E-state index contributed by atoms with van der Waals surface area (Å²) in [6.07, 6.45) is 0.250. The number of para-hydroxylation sites is 1. The number of nitrogens with one attached hydrogen (secondary N) is 1. The summed E-state index contributed by atoms with van der Waals surface area (Å²) in [4.78, 5) is 13.7. The Balaban J connectivity index is 0.000000424. The van der Waals surface area contributed by atoms with Gasteiger partial charge in [-0.2, -0.15) is 5.48 Å². The van der Waals surface area contributed by atoms with Crippen molar-refractivity contribution in [1.82, 2.24) is 5.48 Å². The van der Waals surface area contributed by atoms with Gasteiger partial charge >= 0.3 is 0 Å². The van der Waals surface area contributed by atoms with Crippen molar-refractivity contribution < 1.29 is 9.63 Å². The van der Waals surface area contributed by atoms with Crippen LogP contribution < -0.4 is 16.1 Å². The molecule has 1 rings (SSSR count). The largest absolute Gasteiger partial charge is 0.409 e. The monoisotopic (exact) mass is 182 g/mol. The molecule has 0 atom stereocenters. The highest BCUT2D eigenvalue weighted by Gasteiger charge is 1.86. The number of carbonyl (C=O) groups is 1. The van der Waals surface area contributed by atoms with Gasteiger partial charge in [0, 0.05) is 6.54 Å². The molecule has 0 heterocycles. The van der Waals surface area contributed by atoms with Gasteiger partial charge in [-0.25, -0.2) is 0 Å². The van der Waals surface area contributed by atoms with E-state index in [1.54, 1.807) is 0 Å². The zero-order valence-electron chi connectivity index (χ0n) is 7.57. The third-order valence-electron chi connectivity index (χ3n) is 1.08. The highest BCUT2D eigenvalue weighted by molar-refractivity contribution is 5.42. The predicted molar refractivity (Wildman–Crippen MR) is 51.0 cm³/mol. The molecule has 0 aliphatic heterocycles. The number of hydrogen-bond donors (Lipinski definition) is 2. The molecule has 4 heteroatoms. The van der Waals surface area contributed by atoms with E-state index >= 15 is 0 Å². The van der Waals surface area contributed by atoms with E-state index < -0.39 is 0 Å². The number of nitrogens with two attached hydrogens (primary N) is 1. The van der Waals surface area contributed by atoms with Crippen molar-refractivity contribution in [3.05, 3.63) is 30.3 Å². The van der Waals surface area contributed by atoms with E-state index in [4.69, 9.17) is 9.63 Å². The van der Waals surface area contributed by atoms with Gasteiger partial charge in [0.2, 0.25) is 6.41 Å². The van der Waals surface area contributed by atoms with E-state index in [1.807, 2.05) is 37.3 Å². The molecule has 13 heavy (non-hydrogen) atoms. The van der Waals surface area contributed by atoms with E-state index in [1.165, 1.54) is 0 Å². The smallest absolute Gasteiger partial charge is 0.204 e. The fourth-order valence-electron chi connectivity index (χ4n) is 0.644. The van der Waals surface area contributed by atoms with E-state index in [0.717, 1.165) is 12.3 Å². The molecule has 0 spiro atoms. The second kappa shape index (κ2) is 8.55. The summed E-state index contributed by atoms with van der Waals surface area (Å²) in [6, 6.07) is 9.64. The zero-order chi connectivity index (χ0) is 9.94. The first kappa shape index (κ1) is 11.4. The number of carbonyl (C=O) groups excluding carboxylic acids is 1. The molecule has 0 saturated carbocycles. The van der Waals surface area contributed by atoms with Gasteiger partial charge in [-0.15, -0.1) is 0 Å². The second-order valence-corrected chi connectivity index (χ2v) is 2.05. The van der Waals surface area contributed by atoms with E-state index in [9.17, 15) is 0 Å². The maximum Gasteiger partial charge on any atom is 0.204 e. The average Bonchev–Trinajstić information content (AvgIpc) is 2.18. The summed E-state index contributed by atoms with van der Waals surface area (Å²) in [5.74, 6) is 0.851. The van der Waals surface area contributed by atoms with E-state index in [-0.39, 0.29) is 6.41 Å². The van der Waals surface area contributed by atoms with Gasteiger partial charge in [0.05, 0.1) is 0 Å². The number of benzene rings is 1. The van der Waals surface area contributed by atoms with Crippen LogP contribution >= 0.6 is 0 Å². The quantitative estimate of drug-likeness (QED) is 0.534. The van der Waals surface area contributed by atoms with Gasteiger partial charge in [0.25, 0.3) is 0 Å². The van der Waals surface area contributed by atoms with Crippen LogP contribution in [0.5, 0.6) is 5.75 Å². The van der Waals surface area contributed by atoms with Crippen molar-refractivity contribution in [3.63, 3.8) is 0 Å². The molecule has 72 valence electrons. The number of hydrogen-bond acceptors (Lipinski definition) is 3. The van der Waals surface area contributed by atoms with Gasteiger partial charge < -0.3 is 10.6 Å². The number of rotatable bonds is 3. The summed E-state index contributed by atoms with van der Waals surface area (Å²) in [5.41, 5.74) is 6.93. The van der Waals surface area contributed by atoms with Crippen LogP contribution in [0.1, 0.15) is 6.92 Å². The standard InChI is InChI=1S/C8H11NO.CH3NO/c1-2-9-10-8-6-4-3-5-7-8;2-1-3/h3-7,9H,2H2,1H3;1H,(H2,2,3). The third kappa shape index (κ3) is 6.83. The number of amides is 1. The third-order valence-corrected chi connectivity index (χ3v) is 1.08. The van der Waals surface area contributed by atoms with Crippen LogP contribution in [0.15, 0.2) is 30.3 Å². The molecule has 1 aromatic carbocycles. The lowest BCUT2D eigenvalue weighted by Gasteiger charge is -2.02. The first-order valence-corrected chi connectivity index (χ1v) is 3.95. The van der Waals surface area contributed by atoms with Crippen molar-refractivity contribution in [1.29, 1.82) is 0 Å². The number of primary amides is 1. The van der Waals surface area contributed by atoms with Crippen LogP contribution in [0.2, 0.25) is 0 Å². The van der Waals surface area contributed by atoms with Gasteiger partial charge in [-0.05, 0) is 19.1 Å². The predicted octanol–water partition coefficient (Wildman–Crippen LogP) is 0.691. The maximum atomic E-state index is 8.58. The molecule has 0 aromatic heterocycles. The SMILES string of the molecule is CCNOc1ccccc1.NC=O. The first-order valence-electron chi connectivity index (χ1n) is 3.95. The van der Waals surface area contributed by atoms with Crippen LogP contribution in [-0.2, 0) is 4.79 Å². The van der Waals surface area contributed by atoms with Crippen molar-refractivity contribution in [2.45, 2.75) is 6.92 Å². The van der Waals surface area contributed by atoms with E-state index in [0.29, 0.717) is 0 Å². The molecule has 0 radical (unpaired) electrons. The molecule has 3 N–H and O–H groups in total. The Kier molecular flexibility index (Phi) is 7.53. The highest BCUT2D eigenvalue weighted by Crippen LogP contribution is 2.05. The molecule has 0 aliphatic carbocycles.